The largest absolute Gasteiger partial charge is 0.496 e. The van der Waals surface area contributed by atoms with Gasteiger partial charge < -0.3 is 19.9 Å². The second kappa shape index (κ2) is 14.0. The molecule has 0 bridgehead atoms. The number of aromatic amines is 1. The number of ether oxygens (including phenoxy) is 1. The number of amides is 2. The van der Waals surface area contributed by atoms with Crippen LogP contribution in [0.25, 0.3) is 10.9 Å². The maximum absolute atomic E-state index is 14.2. The van der Waals surface area contributed by atoms with Gasteiger partial charge in [0.1, 0.15) is 16.7 Å². The van der Waals surface area contributed by atoms with E-state index in [9.17, 15) is 22.8 Å². The first kappa shape index (κ1) is 31.2. The highest BCUT2D eigenvalue weighted by Crippen LogP contribution is 2.31. The van der Waals surface area contributed by atoms with Crippen molar-refractivity contribution < 1.29 is 22.7 Å². The molecule has 0 aliphatic carbocycles. The first-order valence-corrected chi connectivity index (χ1v) is 15.9. The molecule has 3 N–H and O–H groups in total. The Morgan fingerprint density at radius 1 is 1.12 bits per heavy atom. The lowest BCUT2D eigenvalue weighted by Gasteiger charge is -2.28. The minimum absolute atomic E-state index is 0.0924. The zero-order chi connectivity index (χ0) is 30.3. The average Bonchev–Trinajstić information content (AvgIpc) is 3.48. The number of sulfonamides is 1. The number of benzene rings is 2. The number of hydrogen-bond donors (Lipinski definition) is 3. The van der Waals surface area contributed by atoms with E-state index in [0.717, 1.165) is 17.7 Å². The van der Waals surface area contributed by atoms with E-state index < -0.39 is 22.0 Å². The highest BCUT2D eigenvalue weighted by atomic mass is 35.5. The average molecular weight is 631 g/mol. The Labute approximate surface area is 252 Å². The molecule has 0 aliphatic heterocycles. The van der Waals surface area contributed by atoms with Crippen molar-refractivity contribution in [2.75, 3.05) is 20.2 Å². The number of pyridine rings is 1. The summed E-state index contributed by atoms with van der Waals surface area (Å²) in [5, 5.41) is 4.96. The number of nitrogens with one attached hydrogen (secondary N) is 3. The molecule has 0 spiro atoms. The van der Waals surface area contributed by atoms with Gasteiger partial charge in [0.15, 0.2) is 0 Å². The highest BCUT2D eigenvalue weighted by molar-refractivity contribution is 7.89. The van der Waals surface area contributed by atoms with Gasteiger partial charge in [-0.1, -0.05) is 49.2 Å². The normalized spacial score (nSPS) is 12.2. The fourth-order valence-electron chi connectivity index (χ4n) is 4.35. The molecule has 4 rings (SSSR count). The number of thiophene rings is 1. The van der Waals surface area contributed by atoms with Crippen molar-refractivity contribution in [2.45, 2.75) is 37.2 Å². The summed E-state index contributed by atoms with van der Waals surface area (Å²) in [6.07, 6.45) is 1.68. The van der Waals surface area contributed by atoms with Gasteiger partial charge >= 0.3 is 0 Å². The number of methoxy groups -OCH3 is 1. The number of nitrogens with zero attached hydrogens (tertiary/aromatic N) is 1. The number of carbonyl (C=O) groups is 2. The second-order valence-electron chi connectivity index (χ2n) is 9.47. The van der Waals surface area contributed by atoms with Crippen molar-refractivity contribution in [1.29, 1.82) is 0 Å². The summed E-state index contributed by atoms with van der Waals surface area (Å²) >= 11 is 7.80. The molecule has 0 fully saturated rings. The lowest BCUT2D eigenvalue weighted by atomic mass is 10.0. The topological polar surface area (TPSA) is 138 Å². The van der Waals surface area contributed by atoms with Crippen molar-refractivity contribution in [3.05, 3.63) is 91.9 Å². The third-order valence-corrected chi connectivity index (χ3v) is 9.21. The SMILES string of the molecule is CCCCNC(=O)CN(Cc1cccs1)C(=O)[C@H](NS(=O)(=O)c1cc2ccc(=O)[nH]c2cc1Cl)c1ccccc1OC. The van der Waals surface area contributed by atoms with Crippen molar-refractivity contribution >= 4 is 55.7 Å². The first-order chi connectivity index (χ1) is 20.1. The summed E-state index contributed by atoms with van der Waals surface area (Å²) in [5.41, 5.74) is 0.260. The monoisotopic (exact) mass is 630 g/mol. The van der Waals surface area contributed by atoms with Crippen molar-refractivity contribution in [1.82, 2.24) is 19.9 Å². The number of rotatable bonds is 13. The van der Waals surface area contributed by atoms with Gasteiger partial charge in [-0.05, 0) is 47.5 Å². The van der Waals surface area contributed by atoms with E-state index in [0.29, 0.717) is 17.4 Å². The molecular formula is C29H31ClN4O6S2. The Hall–Kier alpha value is -3.71. The van der Waals surface area contributed by atoms with Gasteiger partial charge in [0.2, 0.25) is 27.4 Å². The summed E-state index contributed by atoms with van der Waals surface area (Å²) < 4.78 is 35.7. The fraction of sp³-hybridized carbons (Fsp3) is 0.276. The summed E-state index contributed by atoms with van der Waals surface area (Å²) in [4.78, 5) is 43.3. The Balaban J connectivity index is 1.75. The number of unbranched alkanes of at least 4 members (excludes halogenated alkanes) is 1. The molecule has 0 unspecified atom stereocenters. The molecule has 2 amide bonds. The third-order valence-electron chi connectivity index (χ3n) is 6.46. The predicted molar refractivity (Wildman–Crippen MR) is 163 cm³/mol. The van der Waals surface area contributed by atoms with Crippen LogP contribution >= 0.6 is 22.9 Å². The molecule has 0 saturated carbocycles. The number of para-hydroxylation sites is 1. The number of H-pyrrole nitrogens is 1. The van der Waals surface area contributed by atoms with Crippen molar-refractivity contribution in [3.63, 3.8) is 0 Å². The predicted octanol–water partition coefficient (Wildman–Crippen LogP) is 4.22. The van der Waals surface area contributed by atoms with Gasteiger partial charge in [0.05, 0.1) is 25.2 Å². The van der Waals surface area contributed by atoms with Crippen LogP contribution in [0.5, 0.6) is 5.75 Å². The van der Waals surface area contributed by atoms with E-state index in [-0.39, 0.29) is 45.8 Å². The second-order valence-corrected chi connectivity index (χ2v) is 12.6. The fourth-order valence-corrected chi connectivity index (χ4v) is 6.80. The molecule has 2 heterocycles. The van der Waals surface area contributed by atoms with Crippen LogP contribution < -0.4 is 20.3 Å². The number of fused-ring (bicyclic) bond motifs is 1. The maximum atomic E-state index is 14.2. The number of aromatic nitrogens is 1. The maximum Gasteiger partial charge on any atom is 0.248 e. The standard InChI is InChI=1S/C29H31ClN4O6S2/c1-3-4-13-31-27(36)18-34(17-20-8-7-14-41-20)29(37)28(21-9-5-6-10-24(21)40-2)33-42(38,39)25-15-19-11-12-26(35)32-23(19)16-22(25)30/h5-12,14-16,28,33H,3-4,13,17-18H2,1-2H3,(H,31,36)(H,32,35)/t28-/m1/s1. The molecule has 2 aromatic carbocycles. The molecule has 42 heavy (non-hydrogen) atoms. The van der Waals surface area contributed by atoms with E-state index >= 15 is 0 Å². The van der Waals surface area contributed by atoms with Crippen LogP contribution in [-0.4, -0.2) is 50.3 Å². The molecule has 0 radical (unpaired) electrons. The van der Waals surface area contributed by atoms with Crippen LogP contribution in [0.3, 0.4) is 0 Å². The molecule has 1 atom stereocenters. The number of halogens is 1. The summed E-state index contributed by atoms with van der Waals surface area (Å²) in [6, 6.07) is 14.2. The van der Waals surface area contributed by atoms with E-state index in [2.05, 4.69) is 15.0 Å². The first-order valence-electron chi connectivity index (χ1n) is 13.2. The molecule has 10 nitrogen and oxygen atoms in total. The lowest BCUT2D eigenvalue weighted by Crippen LogP contribution is -2.46. The zero-order valence-electron chi connectivity index (χ0n) is 23.1. The van der Waals surface area contributed by atoms with E-state index in [4.69, 9.17) is 16.3 Å². The van der Waals surface area contributed by atoms with Crippen LogP contribution in [0, 0.1) is 0 Å². The van der Waals surface area contributed by atoms with Crippen LogP contribution in [0.1, 0.15) is 36.2 Å². The molecule has 13 heteroatoms. The lowest BCUT2D eigenvalue weighted by molar-refractivity contribution is -0.138. The minimum atomic E-state index is -4.43. The third kappa shape index (κ3) is 7.57. The van der Waals surface area contributed by atoms with Crippen LogP contribution in [0.15, 0.2) is 75.7 Å². The minimum Gasteiger partial charge on any atom is -0.496 e. The van der Waals surface area contributed by atoms with Gasteiger partial charge in [0.25, 0.3) is 0 Å². The molecule has 2 aromatic heterocycles. The Morgan fingerprint density at radius 2 is 1.90 bits per heavy atom. The smallest absolute Gasteiger partial charge is 0.248 e. The van der Waals surface area contributed by atoms with Gasteiger partial charge in [-0.2, -0.15) is 4.72 Å². The molecule has 222 valence electrons. The van der Waals surface area contributed by atoms with E-state index in [1.54, 1.807) is 24.3 Å². The van der Waals surface area contributed by atoms with Crippen molar-refractivity contribution in [3.8, 4) is 5.75 Å². The number of carbonyl (C=O) groups excluding carboxylic acids is 2. The summed E-state index contributed by atoms with van der Waals surface area (Å²) in [6.45, 7) is 2.28. The Kier molecular flexibility index (Phi) is 10.4. The van der Waals surface area contributed by atoms with Gasteiger partial charge in [-0.15, -0.1) is 11.3 Å². The summed E-state index contributed by atoms with van der Waals surface area (Å²) in [7, 11) is -3.01. The van der Waals surface area contributed by atoms with Crippen LogP contribution in [0.2, 0.25) is 5.02 Å². The molecule has 0 aliphatic rings. The summed E-state index contributed by atoms with van der Waals surface area (Å²) in [5.74, 6) is -0.728. The van der Waals surface area contributed by atoms with E-state index in [1.807, 2.05) is 24.4 Å². The highest BCUT2D eigenvalue weighted by Gasteiger charge is 2.34. The quantitative estimate of drug-likeness (QED) is 0.189. The Morgan fingerprint density at radius 3 is 2.62 bits per heavy atom. The molecule has 0 saturated heterocycles. The van der Waals surface area contributed by atoms with Gasteiger partial charge in [-0.3, -0.25) is 14.4 Å². The zero-order valence-corrected chi connectivity index (χ0v) is 25.4. The van der Waals surface area contributed by atoms with Gasteiger partial charge in [0, 0.05) is 28.6 Å². The van der Waals surface area contributed by atoms with Crippen molar-refractivity contribution in [2.24, 2.45) is 0 Å². The van der Waals surface area contributed by atoms with E-state index in [1.165, 1.54) is 47.6 Å². The molecule has 4 aromatic rings. The van der Waals surface area contributed by atoms with Crippen LogP contribution in [-0.2, 0) is 26.2 Å². The van der Waals surface area contributed by atoms with Gasteiger partial charge in [-0.25, -0.2) is 8.42 Å². The molecular weight excluding hydrogens is 600 g/mol. The Bertz CT molecular complexity index is 1720. The van der Waals surface area contributed by atoms with Crippen LogP contribution in [0.4, 0.5) is 0 Å². The number of hydrogen-bond acceptors (Lipinski definition) is 7.